The zero-order valence-corrected chi connectivity index (χ0v) is 17.2. The minimum Gasteiger partial charge on any atom is -0.508 e. The normalized spacial score (nSPS) is 15.6. The van der Waals surface area contributed by atoms with Crippen LogP contribution in [0.3, 0.4) is 0 Å². The van der Waals surface area contributed by atoms with E-state index in [1.165, 1.54) is 16.7 Å². The van der Waals surface area contributed by atoms with E-state index in [0.29, 0.717) is 28.0 Å². The average Bonchev–Trinajstić information content (AvgIpc) is 3.31. The topological polar surface area (TPSA) is 82.8 Å². The van der Waals surface area contributed by atoms with E-state index < -0.39 is 0 Å². The number of aromatic hydroxyl groups is 1. The van der Waals surface area contributed by atoms with Crippen molar-refractivity contribution in [3.8, 4) is 5.75 Å². The minimum atomic E-state index is -0.194. The maximum Gasteiger partial charge on any atom is 0.266 e. The molecule has 1 aliphatic rings. The fourth-order valence-corrected chi connectivity index (χ4v) is 3.89. The van der Waals surface area contributed by atoms with Gasteiger partial charge in [-0.1, -0.05) is 42.2 Å². The fourth-order valence-electron chi connectivity index (χ4n) is 2.63. The van der Waals surface area contributed by atoms with Gasteiger partial charge in [0.25, 0.3) is 5.91 Å². The second kappa shape index (κ2) is 10.1. The van der Waals surface area contributed by atoms with E-state index in [9.17, 15) is 14.7 Å². The van der Waals surface area contributed by atoms with Crippen LogP contribution in [0, 0.1) is 0 Å². The summed E-state index contributed by atoms with van der Waals surface area (Å²) in [4.78, 5) is 26.5. The molecule has 0 spiro atoms. The van der Waals surface area contributed by atoms with Crippen LogP contribution in [0.1, 0.15) is 17.7 Å². The van der Waals surface area contributed by atoms with Crippen molar-refractivity contribution in [1.82, 2.24) is 10.2 Å². The van der Waals surface area contributed by atoms with Crippen LogP contribution >= 0.6 is 24.0 Å². The number of thioether (sulfide) groups is 1. The third-order valence-electron chi connectivity index (χ3n) is 4.16. The molecule has 0 bridgehead atoms. The first-order valence-electron chi connectivity index (χ1n) is 9.03. The summed E-state index contributed by atoms with van der Waals surface area (Å²) in [5.74, 6) is 0.577. The molecule has 0 aliphatic carbocycles. The number of rotatable bonds is 8. The largest absolute Gasteiger partial charge is 0.508 e. The number of nitrogens with one attached hydrogen (secondary N) is 1. The predicted molar refractivity (Wildman–Crippen MR) is 117 cm³/mol. The van der Waals surface area contributed by atoms with Gasteiger partial charge in [-0.05, 0) is 48.4 Å². The Bertz CT molecular complexity index is 934. The number of hydrogen-bond acceptors (Lipinski definition) is 6. The standard InChI is InChI=1S/C21H20N2O4S2/c24-16-8-6-15(7-9-16)10-12-22-19(25)11-13-23-20(26)18(29-21(23)28)5-1-3-17-4-2-14-27-17/h1-9,14,24H,10-13H2,(H,22,25)/b3-1+,18-5-. The summed E-state index contributed by atoms with van der Waals surface area (Å²) >= 11 is 6.49. The summed E-state index contributed by atoms with van der Waals surface area (Å²) in [6.45, 7) is 0.731. The summed E-state index contributed by atoms with van der Waals surface area (Å²) in [6.07, 6.45) is 7.61. The maximum atomic E-state index is 12.5. The van der Waals surface area contributed by atoms with Crippen LogP contribution in [-0.4, -0.2) is 39.2 Å². The van der Waals surface area contributed by atoms with Gasteiger partial charge in [0.2, 0.25) is 5.91 Å². The molecule has 1 fully saturated rings. The van der Waals surface area contributed by atoms with Crippen molar-refractivity contribution < 1.29 is 19.1 Å². The number of amides is 2. The lowest BCUT2D eigenvalue weighted by molar-refractivity contribution is -0.123. The molecule has 2 heterocycles. The summed E-state index contributed by atoms with van der Waals surface area (Å²) in [7, 11) is 0. The lowest BCUT2D eigenvalue weighted by atomic mass is 10.1. The van der Waals surface area contributed by atoms with Gasteiger partial charge in [-0.3, -0.25) is 14.5 Å². The molecular weight excluding hydrogens is 408 g/mol. The number of furan rings is 1. The first-order chi connectivity index (χ1) is 14.0. The lowest BCUT2D eigenvalue weighted by Crippen LogP contribution is -2.34. The Morgan fingerprint density at radius 3 is 2.79 bits per heavy atom. The molecule has 3 rings (SSSR count). The highest BCUT2D eigenvalue weighted by Crippen LogP contribution is 2.31. The molecular formula is C21H20N2O4S2. The van der Waals surface area contributed by atoms with Crippen molar-refractivity contribution in [3.63, 3.8) is 0 Å². The third-order valence-corrected chi connectivity index (χ3v) is 5.56. The van der Waals surface area contributed by atoms with Crippen molar-refractivity contribution in [2.24, 2.45) is 0 Å². The predicted octanol–water partition coefficient (Wildman–Crippen LogP) is 3.49. The first-order valence-corrected chi connectivity index (χ1v) is 10.3. The fraction of sp³-hybridized carbons (Fsp3) is 0.190. The van der Waals surface area contributed by atoms with E-state index in [2.05, 4.69) is 5.32 Å². The van der Waals surface area contributed by atoms with Gasteiger partial charge >= 0.3 is 0 Å². The quantitative estimate of drug-likeness (QED) is 0.495. The van der Waals surface area contributed by atoms with E-state index in [1.54, 1.807) is 42.7 Å². The van der Waals surface area contributed by atoms with Crippen molar-refractivity contribution in [3.05, 3.63) is 71.0 Å². The van der Waals surface area contributed by atoms with Gasteiger partial charge in [0.15, 0.2) is 0 Å². The number of benzene rings is 1. The van der Waals surface area contributed by atoms with Gasteiger partial charge in [-0.2, -0.15) is 0 Å². The van der Waals surface area contributed by atoms with E-state index in [4.69, 9.17) is 16.6 Å². The second-order valence-corrected chi connectivity index (χ2v) is 7.92. The molecule has 150 valence electrons. The number of carbonyl (C=O) groups excluding carboxylic acids is 2. The smallest absolute Gasteiger partial charge is 0.266 e. The molecule has 0 saturated carbocycles. The number of nitrogens with zero attached hydrogens (tertiary/aromatic N) is 1. The molecule has 0 radical (unpaired) electrons. The number of thiocarbonyl (C=S) groups is 1. The molecule has 29 heavy (non-hydrogen) atoms. The molecule has 1 aromatic heterocycles. The monoisotopic (exact) mass is 428 g/mol. The number of carbonyl (C=O) groups is 2. The SMILES string of the molecule is O=C(CCN1C(=O)/C(=C/C=C/c2ccco2)SC1=S)NCCc1ccc(O)cc1. The lowest BCUT2D eigenvalue weighted by Gasteiger charge is -2.14. The zero-order valence-electron chi connectivity index (χ0n) is 15.5. The Balaban J connectivity index is 1.43. The molecule has 1 aliphatic heterocycles. The summed E-state index contributed by atoms with van der Waals surface area (Å²) in [6, 6.07) is 10.5. The average molecular weight is 429 g/mol. The Morgan fingerprint density at radius 2 is 2.07 bits per heavy atom. The van der Waals surface area contributed by atoms with Gasteiger partial charge in [-0.15, -0.1) is 0 Å². The van der Waals surface area contributed by atoms with Crippen molar-refractivity contribution in [2.75, 3.05) is 13.1 Å². The van der Waals surface area contributed by atoms with E-state index in [-0.39, 0.29) is 30.5 Å². The van der Waals surface area contributed by atoms with Crippen molar-refractivity contribution in [1.29, 1.82) is 0 Å². The van der Waals surface area contributed by atoms with Crippen LogP contribution in [0.25, 0.3) is 6.08 Å². The van der Waals surface area contributed by atoms with Crippen LogP contribution in [0.2, 0.25) is 0 Å². The van der Waals surface area contributed by atoms with Gasteiger partial charge in [0, 0.05) is 19.5 Å². The van der Waals surface area contributed by atoms with E-state index in [0.717, 1.165) is 5.56 Å². The number of allylic oxidation sites excluding steroid dienone is 2. The van der Waals surface area contributed by atoms with Crippen LogP contribution < -0.4 is 5.32 Å². The summed E-state index contributed by atoms with van der Waals surface area (Å²) < 4.78 is 5.65. The van der Waals surface area contributed by atoms with Gasteiger partial charge in [0.05, 0.1) is 11.2 Å². The Labute approximate surface area is 178 Å². The number of hydrogen-bond donors (Lipinski definition) is 2. The third kappa shape index (κ3) is 6.07. The summed E-state index contributed by atoms with van der Waals surface area (Å²) in [5, 5.41) is 12.1. The van der Waals surface area contributed by atoms with Crippen LogP contribution in [0.15, 0.2) is 64.1 Å². The highest BCUT2D eigenvalue weighted by Gasteiger charge is 2.31. The second-order valence-electron chi connectivity index (χ2n) is 6.25. The molecule has 1 saturated heterocycles. The van der Waals surface area contributed by atoms with Crippen molar-refractivity contribution >= 4 is 46.2 Å². The maximum absolute atomic E-state index is 12.5. The van der Waals surface area contributed by atoms with E-state index >= 15 is 0 Å². The minimum absolute atomic E-state index is 0.139. The molecule has 2 amide bonds. The Morgan fingerprint density at radius 1 is 1.28 bits per heavy atom. The Kier molecular flexibility index (Phi) is 7.26. The molecule has 2 N–H and O–H groups in total. The zero-order chi connectivity index (χ0) is 20.6. The highest BCUT2D eigenvalue weighted by molar-refractivity contribution is 8.26. The molecule has 6 nitrogen and oxygen atoms in total. The van der Waals surface area contributed by atoms with Gasteiger partial charge in [-0.25, -0.2) is 0 Å². The number of phenols is 1. The number of phenolic OH excluding ortho intramolecular Hbond substituents is 1. The van der Waals surface area contributed by atoms with E-state index in [1.807, 2.05) is 18.2 Å². The molecule has 1 aromatic carbocycles. The first kappa shape index (κ1) is 20.9. The highest BCUT2D eigenvalue weighted by atomic mass is 32.2. The van der Waals surface area contributed by atoms with Gasteiger partial charge in [0.1, 0.15) is 15.8 Å². The molecule has 0 unspecified atom stereocenters. The molecule has 2 aromatic rings. The summed E-state index contributed by atoms with van der Waals surface area (Å²) in [5.41, 5.74) is 1.02. The molecule has 0 atom stereocenters. The van der Waals surface area contributed by atoms with Crippen LogP contribution in [-0.2, 0) is 16.0 Å². The van der Waals surface area contributed by atoms with Crippen LogP contribution in [0.4, 0.5) is 0 Å². The van der Waals surface area contributed by atoms with Crippen LogP contribution in [0.5, 0.6) is 5.75 Å². The van der Waals surface area contributed by atoms with Gasteiger partial charge < -0.3 is 14.8 Å². The van der Waals surface area contributed by atoms with Crippen molar-refractivity contribution in [2.45, 2.75) is 12.8 Å². The Hall–Kier alpha value is -2.84. The molecule has 8 heteroatoms.